The summed E-state index contributed by atoms with van der Waals surface area (Å²) in [6.45, 7) is 7.05. The summed E-state index contributed by atoms with van der Waals surface area (Å²) in [6.07, 6.45) is 2.00. The maximum Gasteiger partial charge on any atom is 0.273 e. The van der Waals surface area contributed by atoms with Gasteiger partial charge in [0.05, 0.1) is 5.51 Å². The zero-order chi connectivity index (χ0) is 15.0. The van der Waals surface area contributed by atoms with Crippen molar-refractivity contribution in [3.05, 3.63) is 16.6 Å². The highest BCUT2D eigenvalue weighted by Gasteiger charge is 2.46. The lowest BCUT2D eigenvalue weighted by molar-refractivity contribution is -0.133. The van der Waals surface area contributed by atoms with Crippen molar-refractivity contribution in [2.75, 3.05) is 26.2 Å². The lowest BCUT2D eigenvalue weighted by atomic mass is 9.86. The molecule has 6 heteroatoms. The van der Waals surface area contributed by atoms with Crippen LogP contribution in [0.15, 0.2) is 10.9 Å². The Bertz CT molecular complexity index is 543. The lowest BCUT2D eigenvalue weighted by Crippen LogP contribution is -2.37. The van der Waals surface area contributed by atoms with E-state index in [9.17, 15) is 9.59 Å². The molecule has 5 nitrogen and oxygen atoms in total. The fourth-order valence-corrected chi connectivity index (χ4v) is 3.94. The average molecular weight is 307 g/mol. The monoisotopic (exact) mass is 307 g/mol. The van der Waals surface area contributed by atoms with Crippen LogP contribution in [0.4, 0.5) is 0 Å². The summed E-state index contributed by atoms with van der Waals surface area (Å²) in [4.78, 5) is 32.5. The van der Waals surface area contributed by atoms with E-state index in [1.54, 1.807) is 10.9 Å². The fraction of sp³-hybridized carbons (Fsp3) is 0.667. The Morgan fingerprint density at radius 2 is 1.90 bits per heavy atom. The van der Waals surface area contributed by atoms with E-state index in [2.05, 4.69) is 4.98 Å². The molecule has 0 saturated carbocycles. The molecule has 0 radical (unpaired) electrons. The second kappa shape index (κ2) is 5.40. The predicted octanol–water partition coefficient (Wildman–Crippen LogP) is 1.86. The topological polar surface area (TPSA) is 53.5 Å². The first kappa shape index (κ1) is 14.5. The van der Waals surface area contributed by atoms with Gasteiger partial charge in [0.2, 0.25) is 5.91 Å². The molecule has 3 heterocycles. The lowest BCUT2D eigenvalue weighted by Gasteiger charge is -2.25. The van der Waals surface area contributed by atoms with Crippen LogP contribution in [0.2, 0.25) is 0 Å². The molecule has 0 N–H and O–H groups in total. The number of hydrogen-bond donors (Lipinski definition) is 0. The van der Waals surface area contributed by atoms with E-state index < -0.39 is 0 Å². The highest BCUT2D eigenvalue weighted by Crippen LogP contribution is 2.40. The molecule has 1 aromatic rings. The molecule has 2 fully saturated rings. The maximum atomic E-state index is 12.4. The van der Waals surface area contributed by atoms with Gasteiger partial charge in [-0.15, -0.1) is 11.3 Å². The molecule has 1 spiro atoms. The molecule has 2 amide bonds. The second-order valence-corrected chi connectivity index (χ2v) is 7.23. The van der Waals surface area contributed by atoms with Crippen molar-refractivity contribution in [2.45, 2.75) is 26.7 Å². The Hall–Kier alpha value is -1.43. The predicted molar refractivity (Wildman–Crippen MR) is 81.1 cm³/mol. The number of rotatable bonds is 2. The third-order valence-electron chi connectivity index (χ3n) is 4.62. The molecule has 1 atom stereocenters. The molecule has 1 aromatic heterocycles. The van der Waals surface area contributed by atoms with E-state index in [4.69, 9.17) is 0 Å². The van der Waals surface area contributed by atoms with Gasteiger partial charge in [-0.2, -0.15) is 0 Å². The largest absolute Gasteiger partial charge is 0.342 e. The van der Waals surface area contributed by atoms with Gasteiger partial charge in [-0.1, -0.05) is 13.8 Å². The van der Waals surface area contributed by atoms with Crippen LogP contribution in [-0.4, -0.2) is 52.8 Å². The van der Waals surface area contributed by atoms with Crippen molar-refractivity contribution in [3.63, 3.8) is 0 Å². The number of amides is 2. The van der Waals surface area contributed by atoms with E-state index in [1.165, 1.54) is 11.3 Å². The number of carbonyl (C=O) groups is 2. The van der Waals surface area contributed by atoms with Crippen LogP contribution in [0.3, 0.4) is 0 Å². The quantitative estimate of drug-likeness (QED) is 0.838. The molecular formula is C15H21N3O2S. The Morgan fingerprint density at radius 3 is 2.52 bits per heavy atom. The Labute approximate surface area is 129 Å². The number of likely N-dealkylation sites (tertiary alicyclic amines) is 2. The van der Waals surface area contributed by atoms with Crippen molar-refractivity contribution in [1.29, 1.82) is 0 Å². The first-order valence-electron chi connectivity index (χ1n) is 7.47. The van der Waals surface area contributed by atoms with Crippen LogP contribution in [0.25, 0.3) is 0 Å². The number of nitrogens with zero attached hydrogens (tertiary/aromatic N) is 3. The zero-order valence-electron chi connectivity index (χ0n) is 12.5. The third kappa shape index (κ3) is 2.69. The molecule has 2 aliphatic rings. The number of thiazole rings is 1. The van der Waals surface area contributed by atoms with Gasteiger partial charge in [0.1, 0.15) is 5.69 Å². The van der Waals surface area contributed by atoms with E-state index in [1.807, 2.05) is 23.6 Å². The van der Waals surface area contributed by atoms with Gasteiger partial charge in [0.15, 0.2) is 0 Å². The maximum absolute atomic E-state index is 12.4. The van der Waals surface area contributed by atoms with E-state index in [-0.39, 0.29) is 23.1 Å². The first-order valence-corrected chi connectivity index (χ1v) is 8.41. The van der Waals surface area contributed by atoms with Crippen LogP contribution in [0.1, 0.15) is 37.2 Å². The summed E-state index contributed by atoms with van der Waals surface area (Å²) >= 11 is 1.45. The van der Waals surface area contributed by atoms with Gasteiger partial charge in [-0.3, -0.25) is 9.59 Å². The minimum atomic E-state index is 0.0294. The smallest absolute Gasteiger partial charge is 0.273 e. The minimum Gasteiger partial charge on any atom is -0.342 e. The summed E-state index contributed by atoms with van der Waals surface area (Å²) < 4.78 is 0. The van der Waals surface area contributed by atoms with Crippen LogP contribution >= 0.6 is 11.3 Å². The van der Waals surface area contributed by atoms with E-state index in [0.29, 0.717) is 5.69 Å². The zero-order valence-corrected chi connectivity index (χ0v) is 13.4. The first-order chi connectivity index (χ1) is 10.0. The third-order valence-corrected chi connectivity index (χ3v) is 5.21. The fourth-order valence-electron chi connectivity index (χ4n) is 3.41. The van der Waals surface area contributed by atoms with E-state index >= 15 is 0 Å². The standard InChI is InChI=1S/C15H21N3O2S/c1-11(2)13(19)17-5-3-15(8-17)4-6-18(9-15)14(20)12-7-21-10-16-12/h7,10-11H,3-6,8-9H2,1-2H3. The molecule has 0 bridgehead atoms. The molecule has 0 aromatic carbocycles. The van der Waals surface area contributed by atoms with Crippen molar-refractivity contribution in [3.8, 4) is 0 Å². The van der Waals surface area contributed by atoms with Crippen molar-refractivity contribution in [1.82, 2.24) is 14.8 Å². The van der Waals surface area contributed by atoms with Gasteiger partial charge in [0, 0.05) is 42.9 Å². The van der Waals surface area contributed by atoms with Crippen LogP contribution in [-0.2, 0) is 4.79 Å². The average Bonchev–Trinajstić information content (AvgIpc) is 3.19. The van der Waals surface area contributed by atoms with Gasteiger partial charge in [0.25, 0.3) is 5.91 Å². The van der Waals surface area contributed by atoms with Crippen molar-refractivity contribution < 1.29 is 9.59 Å². The minimum absolute atomic E-state index is 0.0294. The second-order valence-electron chi connectivity index (χ2n) is 6.51. The van der Waals surface area contributed by atoms with Crippen LogP contribution in [0, 0.1) is 11.3 Å². The molecule has 114 valence electrons. The molecule has 2 saturated heterocycles. The summed E-state index contributed by atoms with van der Waals surface area (Å²) in [6, 6.07) is 0. The Balaban J connectivity index is 1.65. The van der Waals surface area contributed by atoms with E-state index in [0.717, 1.165) is 39.0 Å². The van der Waals surface area contributed by atoms with Crippen molar-refractivity contribution in [2.24, 2.45) is 11.3 Å². The number of aromatic nitrogens is 1. The van der Waals surface area contributed by atoms with Crippen LogP contribution in [0.5, 0.6) is 0 Å². The normalized spacial score (nSPS) is 25.3. The molecular weight excluding hydrogens is 286 g/mol. The molecule has 1 unspecified atom stereocenters. The van der Waals surface area contributed by atoms with Gasteiger partial charge < -0.3 is 9.80 Å². The molecule has 2 aliphatic heterocycles. The van der Waals surface area contributed by atoms with Gasteiger partial charge >= 0.3 is 0 Å². The summed E-state index contributed by atoms with van der Waals surface area (Å²) in [5.74, 6) is 0.312. The van der Waals surface area contributed by atoms with Gasteiger partial charge in [-0.05, 0) is 12.8 Å². The summed E-state index contributed by atoms with van der Waals surface area (Å²) in [5, 5.41) is 1.80. The number of hydrogen-bond acceptors (Lipinski definition) is 4. The molecule has 3 rings (SSSR count). The van der Waals surface area contributed by atoms with Crippen molar-refractivity contribution >= 4 is 23.2 Å². The number of carbonyl (C=O) groups excluding carboxylic acids is 2. The SMILES string of the molecule is CC(C)C(=O)N1CCC2(CCN(C(=O)c3cscn3)C2)C1. The van der Waals surface area contributed by atoms with Crippen LogP contribution < -0.4 is 0 Å². The highest BCUT2D eigenvalue weighted by molar-refractivity contribution is 7.07. The molecule has 0 aliphatic carbocycles. The summed E-state index contributed by atoms with van der Waals surface area (Å²) in [5.41, 5.74) is 2.35. The summed E-state index contributed by atoms with van der Waals surface area (Å²) in [7, 11) is 0. The van der Waals surface area contributed by atoms with Gasteiger partial charge in [-0.25, -0.2) is 4.98 Å². The molecule has 21 heavy (non-hydrogen) atoms. The highest BCUT2D eigenvalue weighted by atomic mass is 32.1. The Kier molecular flexibility index (Phi) is 3.73. The Morgan fingerprint density at radius 1 is 1.24 bits per heavy atom.